The Kier molecular flexibility index (Phi) is 4.70. The molecule has 0 bridgehead atoms. The molecule has 1 fully saturated rings. The predicted octanol–water partition coefficient (Wildman–Crippen LogP) is 3.58. The lowest BCUT2D eigenvalue weighted by atomic mass is 9.66. The van der Waals surface area contributed by atoms with Gasteiger partial charge in [0.25, 0.3) is 5.91 Å². The Morgan fingerprint density at radius 2 is 2.07 bits per heavy atom. The number of aromatic nitrogens is 2. The molecule has 2 heterocycles. The van der Waals surface area contributed by atoms with E-state index >= 15 is 0 Å². The van der Waals surface area contributed by atoms with Crippen LogP contribution < -0.4 is 11.1 Å². The number of hydrogen-bond donors (Lipinski definition) is 2. The number of ketones is 1. The lowest BCUT2D eigenvalue weighted by Gasteiger charge is -2.36. The second kappa shape index (κ2) is 7.40. The number of Topliss-reactive ketones (excluding diaryl/α,β-unsaturated/α-hetero) is 1. The Labute approximate surface area is 179 Å². The molecule has 6 nitrogen and oxygen atoms in total. The summed E-state index contributed by atoms with van der Waals surface area (Å²) in [7, 11) is 0. The van der Waals surface area contributed by atoms with Gasteiger partial charge in [-0.25, -0.2) is 0 Å². The van der Waals surface area contributed by atoms with E-state index in [0.29, 0.717) is 41.2 Å². The van der Waals surface area contributed by atoms with Crippen LogP contribution in [0.15, 0.2) is 48.8 Å². The maximum atomic E-state index is 13.9. The molecule has 2 aliphatic carbocycles. The Morgan fingerprint density at radius 3 is 2.77 bits per heavy atom. The second-order valence-electron chi connectivity index (χ2n) is 8.19. The molecule has 0 aliphatic heterocycles. The molecule has 0 radical (unpaired) electrons. The van der Waals surface area contributed by atoms with Crippen molar-refractivity contribution < 1.29 is 9.59 Å². The fourth-order valence-corrected chi connectivity index (χ4v) is 5.62. The van der Waals surface area contributed by atoms with Crippen LogP contribution in [-0.2, 0) is 18.4 Å². The minimum Gasteiger partial charge on any atom is -0.390 e. The van der Waals surface area contributed by atoms with E-state index in [1.54, 1.807) is 6.20 Å². The molecule has 1 amide bonds. The van der Waals surface area contributed by atoms with Gasteiger partial charge in [0.2, 0.25) is 0 Å². The summed E-state index contributed by atoms with van der Waals surface area (Å²) in [6.07, 6.45) is 7.67. The molecule has 154 valence electrons. The minimum atomic E-state index is -0.637. The third-order valence-corrected chi connectivity index (χ3v) is 7.33. The van der Waals surface area contributed by atoms with Crippen LogP contribution in [0.1, 0.15) is 56.8 Å². The average molecular weight is 421 g/mol. The number of carbonyl (C=O) groups excluding carboxylic acids is 2. The lowest BCUT2D eigenvalue weighted by molar-refractivity contribution is 0.0848. The lowest BCUT2D eigenvalue weighted by Crippen LogP contribution is -2.41. The number of rotatable bonds is 6. The first-order chi connectivity index (χ1) is 14.6. The summed E-state index contributed by atoms with van der Waals surface area (Å²) in [5.74, 6) is -0.0617. The molecule has 0 spiro atoms. The van der Waals surface area contributed by atoms with Gasteiger partial charge in [0.05, 0.1) is 20.9 Å². The molecule has 5 rings (SSSR count). The van der Waals surface area contributed by atoms with Crippen LogP contribution in [0.3, 0.4) is 0 Å². The first-order valence-corrected chi connectivity index (χ1v) is 11.2. The second-order valence-corrected chi connectivity index (χ2v) is 9.25. The molecule has 1 aromatic carbocycles. The van der Waals surface area contributed by atoms with Crippen LogP contribution in [0.25, 0.3) is 0 Å². The number of aryl methyl sites for hydroxylation is 1. The third kappa shape index (κ3) is 3.23. The van der Waals surface area contributed by atoms with Gasteiger partial charge in [0.1, 0.15) is 0 Å². The van der Waals surface area contributed by atoms with Gasteiger partial charge in [-0.1, -0.05) is 30.3 Å². The van der Waals surface area contributed by atoms with Crippen molar-refractivity contribution in [3.8, 4) is 0 Å². The Hall–Kier alpha value is -2.93. The summed E-state index contributed by atoms with van der Waals surface area (Å²) in [5, 5.41) is 7.77. The number of nitrogens with two attached hydrogens (primary N) is 1. The molecular formula is C23H24N4O2S. The zero-order chi connectivity index (χ0) is 20.7. The van der Waals surface area contributed by atoms with Gasteiger partial charge in [-0.2, -0.15) is 5.10 Å². The predicted molar refractivity (Wildman–Crippen MR) is 117 cm³/mol. The number of benzene rings is 1. The zero-order valence-electron chi connectivity index (χ0n) is 16.6. The summed E-state index contributed by atoms with van der Waals surface area (Å²) in [4.78, 5) is 27.3. The van der Waals surface area contributed by atoms with Gasteiger partial charge in [-0.3, -0.25) is 14.3 Å². The van der Waals surface area contributed by atoms with Crippen molar-refractivity contribution in [3.05, 3.63) is 70.4 Å². The van der Waals surface area contributed by atoms with E-state index in [1.807, 2.05) is 47.3 Å². The fraction of sp³-hybridized carbons (Fsp3) is 0.348. The summed E-state index contributed by atoms with van der Waals surface area (Å²) in [6.45, 7) is 0.652. The molecular weight excluding hydrogens is 396 g/mol. The fourth-order valence-electron chi connectivity index (χ4n) is 4.46. The van der Waals surface area contributed by atoms with E-state index in [-0.39, 0.29) is 17.7 Å². The number of nitrogens with zero attached hydrogens (tertiary/aromatic N) is 2. The molecule has 1 unspecified atom stereocenters. The van der Waals surface area contributed by atoms with Crippen molar-refractivity contribution >= 4 is 28.0 Å². The average Bonchev–Trinajstić information content (AvgIpc) is 3.27. The summed E-state index contributed by atoms with van der Waals surface area (Å²) >= 11 is 1.27. The minimum absolute atomic E-state index is 0.0734. The number of hydrogen-bond acceptors (Lipinski definition) is 5. The van der Waals surface area contributed by atoms with E-state index in [1.165, 1.54) is 11.3 Å². The van der Waals surface area contributed by atoms with Crippen molar-refractivity contribution in [1.82, 2.24) is 15.1 Å². The molecule has 1 atom stereocenters. The van der Waals surface area contributed by atoms with Crippen LogP contribution in [0.2, 0.25) is 0 Å². The highest BCUT2D eigenvalue weighted by molar-refractivity contribution is 7.18. The van der Waals surface area contributed by atoms with Crippen LogP contribution in [-0.4, -0.2) is 27.5 Å². The van der Waals surface area contributed by atoms with Gasteiger partial charge >= 0.3 is 0 Å². The molecule has 7 heteroatoms. The maximum Gasteiger partial charge on any atom is 0.254 e. The van der Waals surface area contributed by atoms with Gasteiger partial charge in [-0.15, -0.1) is 11.3 Å². The van der Waals surface area contributed by atoms with Gasteiger partial charge in [0, 0.05) is 25.0 Å². The Bertz CT molecular complexity index is 1090. The molecule has 2 aromatic heterocycles. The highest BCUT2D eigenvalue weighted by Crippen LogP contribution is 2.46. The van der Waals surface area contributed by atoms with Crippen molar-refractivity contribution in [3.63, 3.8) is 0 Å². The van der Waals surface area contributed by atoms with Crippen molar-refractivity contribution in [2.75, 3.05) is 5.73 Å². The normalized spacial score (nSPS) is 20.7. The number of anilines is 1. The largest absolute Gasteiger partial charge is 0.390 e. The van der Waals surface area contributed by atoms with E-state index < -0.39 is 5.41 Å². The number of nitrogens with one attached hydrogen (secondary N) is 1. The summed E-state index contributed by atoms with van der Waals surface area (Å²) in [5.41, 5.74) is 7.97. The van der Waals surface area contributed by atoms with Crippen molar-refractivity contribution in [1.29, 1.82) is 0 Å². The number of thiophene rings is 1. The Morgan fingerprint density at radius 1 is 1.27 bits per heavy atom. The molecule has 30 heavy (non-hydrogen) atoms. The summed E-state index contributed by atoms with van der Waals surface area (Å²) in [6, 6.07) is 12.1. The standard InChI is InChI=1S/C23H24N4O2S/c24-21-18(22(29)26-16-7-8-16)17-9-10-23(20(28)19(17)30-21,15-5-2-1-3-6-15)11-14-27-13-4-12-25-27/h1-6,12-13,16H,7-11,14,24H2,(H,26,29). The maximum absolute atomic E-state index is 13.9. The number of nitrogen functional groups attached to an aromatic ring is 1. The SMILES string of the molecule is Nc1sc2c(c1C(=O)NC1CC1)CCC(CCn1cccn1)(c1ccccc1)C2=O. The highest BCUT2D eigenvalue weighted by Gasteiger charge is 2.46. The van der Waals surface area contributed by atoms with Crippen LogP contribution in [0.4, 0.5) is 5.00 Å². The van der Waals surface area contributed by atoms with E-state index in [0.717, 1.165) is 24.0 Å². The molecule has 0 saturated heterocycles. The monoisotopic (exact) mass is 420 g/mol. The number of fused-ring (bicyclic) bond motifs is 1. The van der Waals surface area contributed by atoms with Gasteiger partial charge < -0.3 is 11.1 Å². The van der Waals surface area contributed by atoms with E-state index in [2.05, 4.69) is 10.4 Å². The third-order valence-electron chi connectivity index (χ3n) is 6.27. The molecule has 1 saturated carbocycles. The number of carbonyl (C=O) groups is 2. The van der Waals surface area contributed by atoms with Crippen LogP contribution in [0, 0.1) is 0 Å². The van der Waals surface area contributed by atoms with E-state index in [9.17, 15) is 9.59 Å². The van der Waals surface area contributed by atoms with Gasteiger partial charge in [-0.05, 0) is 49.3 Å². The molecule has 2 aliphatic rings. The van der Waals surface area contributed by atoms with Crippen LogP contribution >= 0.6 is 11.3 Å². The molecule has 3 N–H and O–H groups in total. The topological polar surface area (TPSA) is 90.0 Å². The smallest absolute Gasteiger partial charge is 0.254 e. The van der Waals surface area contributed by atoms with E-state index in [4.69, 9.17) is 5.73 Å². The van der Waals surface area contributed by atoms with Crippen molar-refractivity contribution in [2.24, 2.45) is 0 Å². The Balaban J connectivity index is 1.52. The van der Waals surface area contributed by atoms with Crippen LogP contribution in [0.5, 0.6) is 0 Å². The summed E-state index contributed by atoms with van der Waals surface area (Å²) < 4.78 is 1.87. The van der Waals surface area contributed by atoms with Crippen molar-refractivity contribution in [2.45, 2.75) is 50.1 Å². The molecule has 3 aromatic rings. The zero-order valence-corrected chi connectivity index (χ0v) is 17.5. The highest BCUT2D eigenvalue weighted by atomic mass is 32.1. The quantitative estimate of drug-likeness (QED) is 0.638. The first kappa shape index (κ1) is 19.1. The van der Waals surface area contributed by atoms with Gasteiger partial charge in [0.15, 0.2) is 5.78 Å². The number of amides is 1. The first-order valence-electron chi connectivity index (χ1n) is 10.4.